The molecule has 0 unspecified atom stereocenters. The average molecular weight is 253 g/mol. The number of halogens is 3. The van der Waals surface area contributed by atoms with Crippen molar-refractivity contribution in [2.45, 2.75) is 26.1 Å². The van der Waals surface area contributed by atoms with Crippen LogP contribution in [0.1, 0.15) is 31.3 Å². The summed E-state index contributed by atoms with van der Waals surface area (Å²) in [5.41, 5.74) is 0.871. The lowest BCUT2D eigenvalue weighted by Gasteiger charge is -2.14. The van der Waals surface area contributed by atoms with E-state index in [1.54, 1.807) is 13.8 Å². The highest BCUT2D eigenvalue weighted by Crippen LogP contribution is 2.33. The number of imidazole rings is 1. The monoisotopic (exact) mass is 253 g/mol. The highest BCUT2D eigenvalue weighted by Gasteiger charge is 2.38. The van der Waals surface area contributed by atoms with Crippen LogP contribution in [0.25, 0.3) is 11.0 Å². The zero-order valence-electron chi connectivity index (χ0n) is 9.78. The fourth-order valence-corrected chi connectivity index (χ4v) is 1.89. The predicted molar refractivity (Wildman–Crippen MR) is 59.8 cm³/mol. The normalized spacial score (nSPS) is 12.1. The molecule has 0 atom stereocenters. The van der Waals surface area contributed by atoms with Gasteiger partial charge in [-0.3, -0.25) is 0 Å². The van der Waals surface area contributed by atoms with Gasteiger partial charge in [0.15, 0.2) is 0 Å². The maximum Gasteiger partial charge on any atom is 0.449 e. The predicted octanol–water partition coefficient (Wildman–Crippen LogP) is 3.51. The van der Waals surface area contributed by atoms with Crippen LogP contribution in [0.4, 0.5) is 13.2 Å². The molecular weight excluding hydrogens is 243 g/mol. The lowest BCUT2D eigenvalue weighted by Crippen LogP contribution is -2.16. The number of aromatic nitrogens is 2. The summed E-state index contributed by atoms with van der Waals surface area (Å²) in [4.78, 5) is 3.60. The lowest BCUT2D eigenvalue weighted by molar-refractivity contribution is -0.147. The minimum absolute atomic E-state index is 0.190. The zero-order chi connectivity index (χ0) is 13.5. The van der Waals surface area contributed by atoms with E-state index >= 15 is 0 Å². The van der Waals surface area contributed by atoms with Gasteiger partial charge < -0.3 is 4.57 Å². The third-order valence-corrected chi connectivity index (χ3v) is 2.59. The Morgan fingerprint density at radius 1 is 1.33 bits per heavy atom. The second kappa shape index (κ2) is 4.02. The van der Waals surface area contributed by atoms with Gasteiger partial charge in [-0.25, -0.2) is 4.98 Å². The smallest absolute Gasteiger partial charge is 0.318 e. The highest BCUT2D eigenvalue weighted by atomic mass is 19.4. The summed E-state index contributed by atoms with van der Waals surface area (Å²) in [5, 5.41) is 8.74. The standard InChI is InChI=1S/C12H10F3N3/c1-7(2)18-10-4-3-8(6-16)5-9(10)17-11(18)12(13,14)15/h3-5,7H,1-2H3. The minimum atomic E-state index is -4.50. The van der Waals surface area contributed by atoms with Crippen LogP contribution in [-0.2, 0) is 6.18 Å². The van der Waals surface area contributed by atoms with Crippen molar-refractivity contribution in [3.05, 3.63) is 29.6 Å². The van der Waals surface area contributed by atoms with Crippen molar-refractivity contribution in [1.29, 1.82) is 5.26 Å². The van der Waals surface area contributed by atoms with Gasteiger partial charge in [0.1, 0.15) is 0 Å². The number of hydrogen-bond acceptors (Lipinski definition) is 2. The Kier molecular flexibility index (Phi) is 2.77. The summed E-state index contributed by atoms with van der Waals surface area (Å²) in [6.07, 6.45) is -4.50. The van der Waals surface area contributed by atoms with Gasteiger partial charge in [0, 0.05) is 6.04 Å². The Labute approximate surface area is 101 Å². The Morgan fingerprint density at radius 2 is 2.00 bits per heavy atom. The highest BCUT2D eigenvalue weighted by molar-refractivity contribution is 5.78. The molecule has 0 aliphatic rings. The summed E-state index contributed by atoms with van der Waals surface area (Å²) in [5.74, 6) is -0.928. The molecule has 0 spiro atoms. The number of fused-ring (bicyclic) bond motifs is 1. The number of nitrogens with zero attached hydrogens (tertiary/aromatic N) is 3. The topological polar surface area (TPSA) is 41.6 Å². The first kappa shape index (κ1) is 12.4. The molecule has 0 radical (unpaired) electrons. The van der Waals surface area contributed by atoms with Crippen LogP contribution in [0.2, 0.25) is 0 Å². The molecule has 1 aromatic carbocycles. The van der Waals surface area contributed by atoms with Crippen molar-refractivity contribution in [3.8, 4) is 6.07 Å². The Bertz CT molecular complexity index is 632. The van der Waals surface area contributed by atoms with E-state index in [4.69, 9.17) is 5.26 Å². The molecule has 1 heterocycles. The van der Waals surface area contributed by atoms with Crippen LogP contribution in [0, 0.1) is 11.3 Å². The SMILES string of the molecule is CC(C)n1c(C(F)(F)F)nc2cc(C#N)ccc21. The number of hydrogen-bond donors (Lipinski definition) is 0. The minimum Gasteiger partial charge on any atom is -0.318 e. The molecule has 0 saturated heterocycles. The van der Waals surface area contributed by atoms with E-state index in [2.05, 4.69) is 4.98 Å². The van der Waals surface area contributed by atoms with E-state index in [0.29, 0.717) is 11.1 Å². The molecule has 0 aliphatic heterocycles. The third kappa shape index (κ3) is 1.92. The molecule has 0 fully saturated rings. The molecule has 94 valence electrons. The van der Waals surface area contributed by atoms with Crippen molar-refractivity contribution < 1.29 is 13.2 Å². The van der Waals surface area contributed by atoms with Gasteiger partial charge in [-0.1, -0.05) is 0 Å². The fraction of sp³-hybridized carbons (Fsp3) is 0.333. The van der Waals surface area contributed by atoms with Gasteiger partial charge in [-0.05, 0) is 32.0 Å². The average Bonchev–Trinajstić information content (AvgIpc) is 2.66. The van der Waals surface area contributed by atoms with Gasteiger partial charge in [0.2, 0.25) is 5.82 Å². The summed E-state index contributed by atoms with van der Waals surface area (Å²) in [6, 6.07) is 5.87. The van der Waals surface area contributed by atoms with Crippen LogP contribution in [0.5, 0.6) is 0 Å². The van der Waals surface area contributed by atoms with Gasteiger partial charge in [-0.15, -0.1) is 0 Å². The molecule has 2 rings (SSSR count). The molecule has 0 bridgehead atoms. The van der Waals surface area contributed by atoms with Crippen LogP contribution >= 0.6 is 0 Å². The Hall–Kier alpha value is -2.03. The first-order valence-corrected chi connectivity index (χ1v) is 5.34. The maximum atomic E-state index is 12.9. The number of nitriles is 1. The van der Waals surface area contributed by atoms with E-state index in [1.807, 2.05) is 6.07 Å². The van der Waals surface area contributed by atoms with Crippen molar-refractivity contribution in [3.63, 3.8) is 0 Å². The Morgan fingerprint density at radius 3 is 2.50 bits per heavy atom. The molecule has 2 aromatic rings. The van der Waals surface area contributed by atoms with E-state index in [9.17, 15) is 13.2 Å². The molecule has 18 heavy (non-hydrogen) atoms. The summed E-state index contributed by atoms with van der Waals surface area (Å²) in [7, 11) is 0. The summed E-state index contributed by atoms with van der Waals surface area (Å²) < 4.78 is 39.8. The first-order chi connectivity index (χ1) is 8.34. The van der Waals surface area contributed by atoms with Crippen molar-refractivity contribution in [1.82, 2.24) is 9.55 Å². The maximum absolute atomic E-state index is 12.9. The Balaban J connectivity index is 2.80. The van der Waals surface area contributed by atoms with Crippen LogP contribution in [-0.4, -0.2) is 9.55 Å². The van der Waals surface area contributed by atoms with Crippen LogP contribution in [0.3, 0.4) is 0 Å². The second-order valence-corrected chi connectivity index (χ2v) is 4.21. The van der Waals surface area contributed by atoms with Crippen molar-refractivity contribution in [2.75, 3.05) is 0 Å². The molecule has 0 saturated carbocycles. The van der Waals surface area contributed by atoms with Crippen LogP contribution < -0.4 is 0 Å². The van der Waals surface area contributed by atoms with Crippen molar-refractivity contribution in [2.24, 2.45) is 0 Å². The molecule has 6 heteroatoms. The second-order valence-electron chi connectivity index (χ2n) is 4.21. The quantitative estimate of drug-likeness (QED) is 0.780. The number of rotatable bonds is 1. The summed E-state index contributed by atoms with van der Waals surface area (Å²) >= 11 is 0. The molecule has 0 N–H and O–H groups in total. The van der Waals surface area contributed by atoms with E-state index < -0.39 is 12.0 Å². The number of benzene rings is 1. The van der Waals surface area contributed by atoms with Gasteiger partial charge in [0.05, 0.1) is 22.7 Å². The van der Waals surface area contributed by atoms with Crippen LogP contribution in [0.15, 0.2) is 18.2 Å². The molecule has 3 nitrogen and oxygen atoms in total. The third-order valence-electron chi connectivity index (χ3n) is 2.59. The first-order valence-electron chi connectivity index (χ1n) is 5.34. The molecule has 1 aromatic heterocycles. The zero-order valence-corrected chi connectivity index (χ0v) is 9.78. The number of alkyl halides is 3. The van der Waals surface area contributed by atoms with Gasteiger partial charge in [0.25, 0.3) is 0 Å². The molecular formula is C12H10F3N3. The largest absolute Gasteiger partial charge is 0.449 e. The van der Waals surface area contributed by atoms with Gasteiger partial charge in [-0.2, -0.15) is 18.4 Å². The lowest BCUT2D eigenvalue weighted by atomic mass is 10.2. The van der Waals surface area contributed by atoms with Gasteiger partial charge >= 0.3 is 6.18 Å². The van der Waals surface area contributed by atoms with Crippen molar-refractivity contribution >= 4 is 11.0 Å². The fourth-order valence-electron chi connectivity index (χ4n) is 1.89. The summed E-state index contributed by atoms with van der Waals surface area (Å²) in [6.45, 7) is 3.32. The molecule has 0 amide bonds. The van der Waals surface area contributed by atoms with E-state index in [0.717, 1.165) is 4.57 Å². The van der Waals surface area contributed by atoms with E-state index in [1.165, 1.54) is 18.2 Å². The molecule has 0 aliphatic carbocycles. The van der Waals surface area contributed by atoms with E-state index in [-0.39, 0.29) is 11.6 Å².